The fourth-order valence-corrected chi connectivity index (χ4v) is 5.66. The van der Waals surface area contributed by atoms with E-state index >= 15 is 0 Å². The molecule has 1 aromatic heterocycles. The van der Waals surface area contributed by atoms with Crippen molar-refractivity contribution in [2.75, 3.05) is 19.0 Å². The molecule has 10 heteroatoms. The van der Waals surface area contributed by atoms with E-state index in [1.165, 1.54) is 26.4 Å². The molecule has 1 atom stereocenters. The lowest BCUT2D eigenvalue weighted by molar-refractivity contribution is -0.139. The predicted molar refractivity (Wildman–Crippen MR) is 196 cm³/mol. The van der Waals surface area contributed by atoms with Crippen LogP contribution in [-0.2, 0) is 17.8 Å². The van der Waals surface area contributed by atoms with E-state index in [1.54, 1.807) is 66.7 Å². The third-order valence-electron chi connectivity index (χ3n) is 8.62. The quantitative estimate of drug-likeness (QED) is 0.0470. The van der Waals surface area contributed by atoms with E-state index in [9.17, 15) is 19.5 Å². The number of esters is 1. The number of carboxylic acids is 1. The van der Waals surface area contributed by atoms with Crippen LogP contribution in [0.25, 0.3) is 11.0 Å². The molecule has 10 nitrogen and oxygen atoms in total. The molecule has 0 radical (unpaired) electrons. The van der Waals surface area contributed by atoms with Gasteiger partial charge in [0.25, 0.3) is 5.91 Å². The minimum atomic E-state index is -1.22. The van der Waals surface area contributed by atoms with Crippen LogP contribution in [0, 0.1) is 6.92 Å². The monoisotopic (exact) mass is 692 g/mol. The number of amides is 1. The highest BCUT2D eigenvalue weighted by Gasteiger charge is 2.23. The van der Waals surface area contributed by atoms with Crippen molar-refractivity contribution in [2.24, 2.45) is 0 Å². The number of furan rings is 1. The van der Waals surface area contributed by atoms with Gasteiger partial charge in [-0.25, -0.2) is 9.59 Å². The first-order valence-corrected chi connectivity index (χ1v) is 17.2. The number of aliphatic carboxylic acids is 1. The summed E-state index contributed by atoms with van der Waals surface area (Å²) in [4.78, 5) is 38.1. The number of fused-ring (bicyclic) bond motifs is 1. The molecule has 0 bridgehead atoms. The van der Waals surface area contributed by atoms with E-state index < -0.39 is 23.9 Å². The number of rotatable bonds is 18. The molecule has 0 saturated heterocycles. The SMILES string of the molecule is CCCCCCCOc1ccc(C(=O)Oc2ccc(CC(NC(=O)c3ccc(NCc4oc5ccccc5c4C)cc3)C(=O)O)cc2OC)cc1. The summed E-state index contributed by atoms with van der Waals surface area (Å²) in [5.41, 5.74) is 3.90. The Morgan fingerprint density at radius 3 is 2.27 bits per heavy atom. The molecule has 1 amide bonds. The lowest BCUT2D eigenvalue weighted by Gasteiger charge is -2.16. The molecule has 5 aromatic rings. The van der Waals surface area contributed by atoms with Gasteiger partial charge in [-0.3, -0.25) is 4.79 Å². The topological polar surface area (TPSA) is 136 Å². The third kappa shape index (κ3) is 9.91. The molecule has 3 N–H and O–H groups in total. The maximum atomic E-state index is 13.0. The number of unbranched alkanes of at least 4 members (excludes halogenated alkanes) is 4. The van der Waals surface area contributed by atoms with Gasteiger partial charge in [-0.15, -0.1) is 0 Å². The van der Waals surface area contributed by atoms with Crippen LogP contribution in [0.5, 0.6) is 17.2 Å². The van der Waals surface area contributed by atoms with Gasteiger partial charge in [0.05, 0.1) is 25.8 Å². The summed E-state index contributed by atoms with van der Waals surface area (Å²) >= 11 is 0. The van der Waals surface area contributed by atoms with Crippen molar-refractivity contribution in [3.05, 3.63) is 119 Å². The van der Waals surface area contributed by atoms with E-state index in [1.807, 2.05) is 31.2 Å². The lowest BCUT2D eigenvalue weighted by Crippen LogP contribution is -2.42. The number of ether oxygens (including phenoxy) is 3. The Balaban J connectivity index is 1.14. The van der Waals surface area contributed by atoms with Crippen LogP contribution in [0.1, 0.15) is 76.6 Å². The van der Waals surface area contributed by atoms with Crippen molar-refractivity contribution in [1.29, 1.82) is 0 Å². The Kier molecular flexibility index (Phi) is 12.7. The molecule has 5 rings (SSSR count). The van der Waals surface area contributed by atoms with Crippen molar-refractivity contribution >= 4 is 34.5 Å². The summed E-state index contributed by atoms with van der Waals surface area (Å²) < 4.78 is 22.8. The number of carbonyl (C=O) groups excluding carboxylic acids is 2. The van der Waals surface area contributed by atoms with Crippen molar-refractivity contribution in [3.8, 4) is 17.2 Å². The number of methoxy groups -OCH3 is 1. The number of anilines is 1. The molecule has 4 aromatic carbocycles. The first-order valence-electron chi connectivity index (χ1n) is 17.2. The molecule has 1 unspecified atom stereocenters. The molecular weight excluding hydrogens is 648 g/mol. The zero-order valence-corrected chi connectivity index (χ0v) is 29.2. The fourth-order valence-electron chi connectivity index (χ4n) is 5.66. The summed E-state index contributed by atoms with van der Waals surface area (Å²) in [7, 11) is 1.43. The molecule has 51 heavy (non-hydrogen) atoms. The van der Waals surface area contributed by atoms with Gasteiger partial charge in [-0.2, -0.15) is 0 Å². The zero-order valence-electron chi connectivity index (χ0n) is 29.2. The highest BCUT2D eigenvalue weighted by atomic mass is 16.6. The van der Waals surface area contributed by atoms with Crippen molar-refractivity contribution in [2.45, 2.75) is 65.0 Å². The van der Waals surface area contributed by atoms with Gasteiger partial charge < -0.3 is 34.4 Å². The second kappa shape index (κ2) is 17.8. The number of nitrogens with one attached hydrogen (secondary N) is 2. The molecule has 0 saturated carbocycles. The average molecular weight is 693 g/mol. The second-order valence-electron chi connectivity index (χ2n) is 12.3. The molecule has 1 heterocycles. The number of para-hydroxylation sites is 1. The maximum absolute atomic E-state index is 13.0. The Morgan fingerprint density at radius 2 is 1.57 bits per heavy atom. The van der Waals surface area contributed by atoms with Crippen molar-refractivity contribution < 1.29 is 38.1 Å². The molecule has 266 valence electrons. The number of hydrogen-bond acceptors (Lipinski definition) is 8. The van der Waals surface area contributed by atoms with Gasteiger partial charge in [-0.05, 0) is 85.6 Å². The van der Waals surface area contributed by atoms with Gasteiger partial charge in [0.15, 0.2) is 11.5 Å². The van der Waals surface area contributed by atoms with E-state index in [4.69, 9.17) is 18.6 Å². The van der Waals surface area contributed by atoms with Gasteiger partial charge in [0.1, 0.15) is 23.1 Å². The first-order chi connectivity index (χ1) is 24.7. The number of carboxylic acid groups (broad SMARTS) is 1. The molecule has 0 aliphatic heterocycles. The largest absolute Gasteiger partial charge is 0.494 e. The summed E-state index contributed by atoms with van der Waals surface area (Å²) in [6.45, 7) is 5.29. The number of carbonyl (C=O) groups is 3. The number of hydrogen-bond donors (Lipinski definition) is 3. The summed E-state index contributed by atoms with van der Waals surface area (Å²) in [5.74, 6) is -0.357. The molecule has 0 fully saturated rings. The van der Waals surface area contributed by atoms with Crippen molar-refractivity contribution in [3.63, 3.8) is 0 Å². The maximum Gasteiger partial charge on any atom is 0.343 e. The Bertz CT molecular complexity index is 1930. The summed E-state index contributed by atoms with van der Waals surface area (Å²) in [5, 5.41) is 16.9. The van der Waals surface area contributed by atoms with Crippen LogP contribution in [0.4, 0.5) is 5.69 Å². The van der Waals surface area contributed by atoms with Gasteiger partial charge in [0.2, 0.25) is 0 Å². The smallest absolute Gasteiger partial charge is 0.343 e. The molecular formula is C41H44N2O8. The highest BCUT2D eigenvalue weighted by Crippen LogP contribution is 2.30. The highest BCUT2D eigenvalue weighted by molar-refractivity contribution is 5.97. The van der Waals surface area contributed by atoms with Gasteiger partial charge >= 0.3 is 11.9 Å². The van der Waals surface area contributed by atoms with Crippen LogP contribution in [0.2, 0.25) is 0 Å². The lowest BCUT2D eigenvalue weighted by atomic mass is 10.0. The van der Waals surface area contributed by atoms with Crippen molar-refractivity contribution in [1.82, 2.24) is 5.32 Å². The number of aryl methyl sites for hydroxylation is 1. The van der Waals surface area contributed by atoms with Crippen LogP contribution < -0.4 is 24.8 Å². The minimum absolute atomic E-state index is 0.0256. The molecule has 0 aliphatic rings. The standard InChI is InChI=1S/C41H44N2O8/c1-4-5-6-7-10-23-49-32-20-16-30(17-21-32)41(47)51-36-22-13-28(25-37(36)48-3)24-34(40(45)46)43-39(44)29-14-18-31(19-15-29)42-26-38-27(2)33-11-8-9-12-35(33)50-38/h8-9,11-22,25,34,42H,4-7,10,23-24,26H2,1-3H3,(H,43,44)(H,45,46). The second-order valence-corrected chi connectivity index (χ2v) is 12.3. The molecule has 0 aliphatic carbocycles. The van der Waals surface area contributed by atoms with Crippen LogP contribution >= 0.6 is 0 Å². The first kappa shape index (κ1) is 36.5. The van der Waals surface area contributed by atoms with E-state index in [-0.39, 0.29) is 17.9 Å². The van der Waals surface area contributed by atoms with Crippen LogP contribution in [0.15, 0.2) is 95.4 Å². The van der Waals surface area contributed by atoms with Gasteiger partial charge in [0, 0.05) is 28.6 Å². The van der Waals surface area contributed by atoms with Gasteiger partial charge in [-0.1, -0.05) is 56.9 Å². The Labute approximate surface area is 297 Å². The van der Waals surface area contributed by atoms with E-state index in [0.717, 1.165) is 40.8 Å². The Morgan fingerprint density at radius 1 is 0.843 bits per heavy atom. The summed E-state index contributed by atoms with van der Waals surface area (Å²) in [6.07, 6.45) is 5.71. The van der Waals surface area contributed by atoms with Crippen LogP contribution in [-0.4, -0.2) is 42.7 Å². The van der Waals surface area contributed by atoms with Crippen LogP contribution in [0.3, 0.4) is 0 Å². The Hall–Kier alpha value is -5.77. The molecule has 0 spiro atoms. The third-order valence-corrected chi connectivity index (χ3v) is 8.62. The summed E-state index contributed by atoms with van der Waals surface area (Å²) in [6, 6.07) is 24.9. The fraction of sp³-hybridized carbons (Fsp3) is 0.293. The normalized spacial score (nSPS) is 11.5. The van der Waals surface area contributed by atoms with E-state index in [0.29, 0.717) is 35.6 Å². The zero-order chi connectivity index (χ0) is 36.2. The number of benzene rings is 4. The average Bonchev–Trinajstić information content (AvgIpc) is 3.47. The minimum Gasteiger partial charge on any atom is -0.494 e. The van der Waals surface area contributed by atoms with E-state index in [2.05, 4.69) is 17.6 Å². The predicted octanol–water partition coefficient (Wildman–Crippen LogP) is 8.36.